The topological polar surface area (TPSA) is 49.9 Å². The first-order valence-corrected chi connectivity index (χ1v) is 11.1. The molecule has 5 rings (SSSR count). The fourth-order valence-electron chi connectivity index (χ4n) is 4.14. The highest BCUT2D eigenvalue weighted by Gasteiger charge is 2.60. The minimum Gasteiger partial charge on any atom is -0.273 e. The average Bonchev–Trinajstić information content (AvgIpc) is 3.26. The number of carbonyl (C=O) groups excluding carboxylic acids is 2. The summed E-state index contributed by atoms with van der Waals surface area (Å²) in [5.41, 5.74) is 1.92. The molecule has 0 aliphatic carbocycles. The Labute approximate surface area is 197 Å². The van der Waals surface area contributed by atoms with E-state index in [1.165, 1.54) is 6.07 Å². The van der Waals surface area contributed by atoms with Crippen molar-refractivity contribution < 1.29 is 14.4 Å². The minimum absolute atomic E-state index is 0.230. The SMILES string of the molecule is O=C1[C@@H]2[C@@H](c3cccc(Br)c3)N(c3ccccc3)O[C@H]2C(=O)N1c1ccc(Cl)cc1Cl. The predicted octanol–water partition coefficient (Wildman–Crippen LogP) is 5.81. The Bertz CT molecular complexity index is 1190. The van der Waals surface area contributed by atoms with Gasteiger partial charge in [0.05, 0.1) is 22.4 Å². The molecule has 0 bridgehead atoms. The lowest BCUT2D eigenvalue weighted by Crippen LogP contribution is -2.37. The monoisotopic (exact) mass is 516 g/mol. The van der Waals surface area contributed by atoms with Crippen molar-refractivity contribution in [2.45, 2.75) is 12.1 Å². The molecule has 3 aromatic carbocycles. The lowest BCUT2D eigenvalue weighted by atomic mass is 9.90. The Morgan fingerprint density at radius 1 is 0.871 bits per heavy atom. The molecule has 8 heteroatoms. The van der Waals surface area contributed by atoms with E-state index in [1.807, 2.05) is 54.6 Å². The van der Waals surface area contributed by atoms with Crippen molar-refractivity contribution in [2.24, 2.45) is 5.92 Å². The molecule has 3 atom stereocenters. The number of anilines is 2. The summed E-state index contributed by atoms with van der Waals surface area (Å²) >= 11 is 15.8. The van der Waals surface area contributed by atoms with E-state index in [0.29, 0.717) is 10.7 Å². The summed E-state index contributed by atoms with van der Waals surface area (Å²) in [7, 11) is 0. The van der Waals surface area contributed by atoms with Crippen LogP contribution >= 0.6 is 39.1 Å². The quantitative estimate of drug-likeness (QED) is 0.411. The second kappa shape index (κ2) is 7.95. The maximum absolute atomic E-state index is 13.6. The molecule has 156 valence electrons. The molecule has 31 heavy (non-hydrogen) atoms. The first-order chi connectivity index (χ1) is 15.0. The molecule has 0 radical (unpaired) electrons. The highest BCUT2D eigenvalue weighted by molar-refractivity contribution is 9.10. The fraction of sp³-hybridized carbons (Fsp3) is 0.130. The summed E-state index contributed by atoms with van der Waals surface area (Å²) < 4.78 is 0.871. The third-order valence-electron chi connectivity index (χ3n) is 5.47. The van der Waals surface area contributed by atoms with Crippen LogP contribution in [-0.4, -0.2) is 17.9 Å². The van der Waals surface area contributed by atoms with Crippen LogP contribution in [0.4, 0.5) is 11.4 Å². The number of para-hydroxylation sites is 1. The molecule has 2 aliphatic rings. The molecule has 0 unspecified atom stereocenters. The smallest absolute Gasteiger partial charge is 0.266 e. The second-order valence-electron chi connectivity index (χ2n) is 7.32. The zero-order chi connectivity index (χ0) is 21.7. The molecule has 0 saturated carbocycles. The Morgan fingerprint density at radius 2 is 1.65 bits per heavy atom. The van der Waals surface area contributed by atoms with Crippen molar-refractivity contribution in [1.29, 1.82) is 0 Å². The van der Waals surface area contributed by atoms with Crippen LogP contribution in [0.2, 0.25) is 10.0 Å². The lowest BCUT2D eigenvalue weighted by molar-refractivity contribution is -0.126. The second-order valence-corrected chi connectivity index (χ2v) is 9.08. The van der Waals surface area contributed by atoms with Crippen molar-refractivity contribution in [3.63, 3.8) is 0 Å². The van der Waals surface area contributed by atoms with Crippen LogP contribution in [0, 0.1) is 5.92 Å². The fourth-order valence-corrected chi connectivity index (χ4v) is 5.05. The number of benzene rings is 3. The van der Waals surface area contributed by atoms with Crippen LogP contribution in [0.3, 0.4) is 0 Å². The molecule has 0 aromatic heterocycles. The highest BCUT2D eigenvalue weighted by Crippen LogP contribution is 2.48. The van der Waals surface area contributed by atoms with E-state index < -0.39 is 24.0 Å². The number of hydroxylamine groups is 1. The van der Waals surface area contributed by atoms with Crippen molar-refractivity contribution in [2.75, 3.05) is 9.96 Å². The predicted molar refractivity (Wildman–Crippen MR) is 123 cm³/mol. The summed E-state index contributed by atoms with van der Waals surface area (Å²) in [6, 6.07) is 21.3. The maximum atomic E-state index is 13.6. The van der Waals surface area contributed by atoms with Gasteiger partial charge in [-0.2, -0.15) is 0 Å². The maximum Gasteiger partial charge on any atom is 0.266 e. The van der Waals surface area contributed by atoms with Gasteiger partial charge in [0.15, 0.2) is 6.10 Å². The Hall–Kier alpha value is -2.38. The molecule has 2 fully saturated rings. The number of amides is 2. The van der Waals surface area contributed by atoms with Gasteiger partial charge in [0.2, 0.25) is 5.91 Å². The molecule has 0 N–H and O–H groups in total. The Balaban J connectivity index is 1.60. The van der Waals surface area contributed by atoms with Gasteiger partial charge in [-0.25, -0.2) is 9.96 Å². The third-order valence-corrected chi connectivity index (χ3v) is 6.50. The van der Waals surface area contributed by atoms with Gasteiger partial charge < -0.3 is 0 Å². The van der Waals surface area contributed by atoms with Gasteiger partial charge in [0.1, 0.15) is 5.92 Å². The molecular weight excluding hydrogens is 503 g/mol. The van der Waals surface area contributed by atoms with E-state index in [-0.39, 0.29) is 10.9 Å². The van der Waals surface area contributed by atoms with Gasteiger partial charge in [0.25, 0.3) is 5.91 Å². The van der Waals surface area contributed by atoms with Crippen LogP contribution in [0.25, 0.3) is 0 Å². The molecule has 2 saturated heterocycles. The van der Waals surface area contributed by atoms with E-state index in [2.05, 4.69) is 15.9 Å². The van der Waals surface area contributed by atoms with Gasteiger partial charge in [-0.3, -0.25) is 14.4 Å². The van der Waals surface area contributed by atoms with Gasteiger partial charge >= 0.3 is 0 Å². The van der Waals surface area contributed by atoms with Crippen LogP contribution in [0.1, 0.15) is 11.6 Å². The first kappa shape index (κ1) is 20.5. The Kier molecular flexibility index (Phi) is 5.26. The number of halogens is 3. The van der Waals surface area contributed by atoms with E-state index in [1.54, 1.807) is 17.2 Å². The van der Waals surface area contributed by atoms with E-state index in [0.717, 1.165) is 20.6 Å². The minimum atomic E-state index is -0.955. The van der Waals surface area contributed by atoms with Crippen LogP contribution in [-0.2, 0) is 14.4 Å². The number of fused-ring (bicyclic) bond motifs is 1. The molecule has 2 amide bonds. The number of hydrogen-bond acceptors (Lipinski definition) is 4. The summed E-state index contributed by atoms with van der Waals surface area (Å²) in [4.78, 5) is 34.1. The third kappa shape index (κ3) is 3.44. The van der Waals surface area contributed by atoms with Crippen LogP contribution < -0.4 is 9.96 Å². The first-order valence-electron chi connectivity index (χ1n) is 9.55. The van der Waals surface area contributed by atoms with Crippen molar-refractivity contribution in [1.82, 2.24) is 0 Å². The van der Waals surface area contributed by atoms with Crippen LogP contribution in [0.5, 0.6) is 0 Å². The van der Waals surface area contributed by atoms with Gasteiger partial charge in [-0.05, 0) is 48.0 Å². The summed E-state index contributed by atoms with van der Waals surface area (Å²) in [5, 5.41) is 2.31. The highest BCUT2D eigenvalue weighted by atomic mass is 79.9. The zero-order valence-corrected chi connectivity index (χ0v) is 19.0. The summed E-state index contributed by atoms with van der Waals surface area (Å²) in [6.45, 7) is 0. The number of carbonyl (C=O) groups is 2. The van der Waals surface area contributed by atoms with E-state index in [4.69, 9.17) is 28.0 Å². The van der Waals surface area contributed by atoms with Gasteiger partial charge in [-0.1, -0.05) is 69.5 Å². The van der Waals surface area contributed by atoms with E-state index >= 15 is 0 Å². The number of rotatable bonds is 3. The molecule has 3 aromatic rings. The van der Waals surface area contributed by atoms with E-state index in [9.17, 15) is 9.59 Å². The number of nitrogens with zero attached hydrogens (tertiary/aromatic N) is 2. The van der Waals surface area contributed by atoms with Crippen molar-refractivity contribution in [3.8, 4) is 0 Å². The number of imide groups is 1. The van der Waals surface area contributed by atoms with Crippen molar-refractivity contribution in [3.05, 3.63) is 92.9 Å². The molecule has 5 nitrogen and oxygen atoms in total. The van der Waals surface area contributed by atoms with Crippen molar-refractivity contribution >= 4 is 62.3 Å². The molecule has 0 spiro atoms. The largest absolute Gasteiger partial charge is 0.273 e. The Morgan fingerprint density at radius 3 is 2.35 bits per heavy atom. The lowest BCUT2D eigenvalue weighted by Gasteiger charge is -2.29. The normalized spacial score (nSPS) is 22.9. The van der Waals surface area contributed by atoms with Gasteiger partial charge in [-0.15, -0.1) is 0 Å². The summed E-state index contributed by atoms with van der Waals surface area (Å²) in [5.74, 6) is -1.53. The zero-order valence-electron chi connectivity index (χ0n) is 15.9. The number of hydrogen-bond donors (Lipinski definition) is 0. The molecular formula is C23H15BrCl2N2O3. The van der Waals surface area contributed by atoms with Crippen LogP contribution in [0.15, 0.2) is 77.3 Å². The standard InChI is InChI=1S/C23H15BrCl2N2O3/c24-14-6-4-5-13(11-14)20-19-21(31-28(20)16-7-2-1-3-8-16)23(30)27(22(19)29)18-10-9-15(25)12-17(18)26/h1-12,19-21H/t19-,20-,21-/m1/s1. The molecule has 2 heterocycles. The molecule has 2 aliphatic heterocycles. The summed E-state index contributed by atoms with van der Waals surface area (Å²) in [6.07, 6.45) is -0.955. The van der Waals surface area contributed by atoms with Gasteiger partial charge in [0, 0.05) is 9.50 Å². The average molecular weight is 518 g/mol.